The minimum absolute atomic E-state index is 1.25. The molecule has 0 fully saturated rings. The molecule has 0 nitrogen and oxygen atoms in total. The molecule has 0 unspecified atom stereocenters. The molecular weight excluding hydrogens is 188 g/mol. The molecule has 1 heteroatoms. The monoisotopic (exact) mass is 218 g/mol. The van der Waals surface area contributed by atoms with Gasteiger partial charge >= 0.3 is 0 Å². The van der Waals surface area contributed by atoms with Crippen LogP contribution in [-0.2, 0) is 0 Å². The predicted molar refractivity (Wildman–Crippen MR) is 76.4 cm³/mol. The van der Waals surface area contributed by atoms with E-state index in [1.807, 2.05) is 39.5 Å². The summed E-state index contributed by atoms with van der Waals surface area (Å²) in [6, 6.07) is 0. The summed E-state index contributed by atoms with van der Waals surface area (Å²) in [5, 5.41) is 0. The van der Waals surface area contributed by atoms with E-state index in [2.05, 4.69) is 39.3 Å². The van der Waals surface area contributed by atoms with Crippen molar-refractivity contribution in [1.29, 1.82) is 0 Å². The lowest BCUT2D eigenvalue weighted by atomic mass is 10.2. The number of allylic oxidation sites excluding steroid dienone is 2. The number of thioether (sulfide) groups is 1. The SMILES string of the molecule is C/C=C(/C)CCSC.C=C.CC.CC. The van der Waals surface area contributed by atoms with Crippen LogP contribution in [0.25, 0.3) is 0 Å². The summed E-state index contributed by atoms with van der Waals surface area (Å²) in [7, 11) is 0. The van der Waals surface area contributed by atoms with Gasteiger partial charge in [-0.1, -0.05) is 39.3 Å². The molecule has 0 aliphatic rings. The summed E-state index contributed by atoms with van der Waals surface area (Å²) in [6.45, 7) is 18.3. The lowest BCUT2D eigenvalue weighted by Crippen LogP contribution is -1.78. The van der Waals surface area contributed by atoms with E-state index < -0.39 is 0 Å². The minimum atomic E-state index is 1.25. The molecule has 0 amide bonds. The Bertz CT molecular complexity index is 85.2. The fourth-order valence-corrected chi connectivity index (χ4v) is 0.933. The lowest BCUT2D eigenvalue weighted by Gasteiger charge is -1.94. The van der Waals surface area contributed by atoms with Gasteiger partial charge in [-0.25, -0.2) is 0 Å². The van der Waals surface area contributed by atoms with Crippen molar-refractivity contribution in [2.45, 2.75) is 48.0 Å². The molecule has 0 heterocycles. The van der Waals surface area contributed by atoms with Gasteiger partial charge in [-0.05, 0) is 32.3 Å². The Morgan fingerprint density at radius 2 is 1.50 bits per heavy atom. The largest absolute Gasteiger partial charge is 0.165 e. The van der Waals surface area contributed by atoms with Crippen LogP contribution in [0.3, 0.4) is 0 Å². The maximum Gasteiger partial charge on any atom is -0.00331 e. The van der Waals surface area contributed by atoms with Gasteiger partial charge in [-0.15, -0.1) is 13.2 Å². The average Bonchev–Trinajstić information content (AvgIpc) is 2.33. The van der Waals surface area contributed by atoms with Gasteiger partial charge < -0.3 is 0 Å². The van der Waals surface area contributed by atoms with Crippen LogP contribution in [-0.4, -0.2) is 12.0 Å². The van der Waals surface area contributed by atoms with Gasteiger partial charge in [0.2, 0.25) is 0 Å². The molecule has 0 bridgehead atoms. The van der Waals surface area contributed by atoms with Crippen molar-refractivity contribution in [1.82, 2.24) is 0 Å². The van der Waals surface area contributed by atoms with E-state index in [9.17, 15) is 0 Å². The highest BCUT2D eigenvalue weighted by atomic mass is 32.2. The Balaban J connectivity index is -0.0000000708. The standard InChI is InChI=1S/C7H14S.2C2H6.C2H4/c1-4-7(2)5-6-8-3;3*1-2/h4H,5-6H2,1-3H3;2*1-2H3;1-2H2/b7-4-;;;. The third-order valence-electron chi connectivity index (χ3n) is 1.19. The lowest BCUT2D eigenvalue weighted by molar-refractivity contribution is 1.11. The summed E-state index contributed by atoms with van der Waals surface area (Å²) in [5.41, 5.74) is 1.50. The molecule has 0 aromatic heterocycles. The molecule has 0 rings (SSSR count). The zero-order valence-electron chi connectivity index (χ0n) is 11.3. The van der Waals surface area contributed by atoms with Gasteiger partial charge in [-0.3, -0.25) is 0 Å². The first-order chi connectivity index (χ1) is 6.81. The van der Waals surface area contributed by atoms with Crippen molar-refractivity contribution in [3.05, 3.63) is 24.8 Å². The van der Waals surface area contributed by atoms with Crippen LogP contribution < -0.4 is 0 Å². The molecule has 0 N–H and O–H groups in total. The highest BCUT2D eigenvalue weighted by Crippen LogP contribution is 2.03. The van der Waals surface area contributed by atoms with Crippen molar-refractivity contribution >= 4 is 11.8 Å². The van der Waals surface area contributed by atoms with E-state index in [0.717, 1.165) is 0 Å². The summed E-state index contributed by atoms with van der Waals surface area (Å²) in [5.74, 6) is 1.26. The Hall–Kier alpha value is -0.170. The van der Waals surface area contributed by atoms with Crippen molar-refractivity contribution in [2.75, 3.05) is 12.0 Å². The molecule has 0 aliphatic heterocycles. The van der Waals surface area contributed by atoms with Gasteiger partial charge in [0.05, 0.1) is 0 Å². The van der Waals surface area contributed by atoms with Gasteiger partial charge in [0.25, 0.3) is 0 Å². The molecule has 0 radical (unpaired) electrons. The molecule has 0 atom stereocenters. The molecule has 0 aromatic rings. The van der Waals surface area contributed by atoms with E-state index >= 15 is 0 Å². The number of hydrogen-bond acceptors (Lipinski definition) is 1. The van der Waals surface area contributed by atoms with E-state index in [1.165, 1.54) is 17.7 Å². The maximum absolute atomic E-state index is 3.00. The Morgan fingerprint density at radius 3 is 1.71 bits per heavy atom. The highest BCUT2D eigenvalue weighted by Gasteiger charge is 1.84. The zero-order valence-corrected chi connectivity index (χ0v) is 12.1. The molecule has 0 aromatic carbocycles. The fourth-order valence-electron chi connectivity index (χ4n) is 0.407. The third-order valence-corrected chi connectivity index (χ3v) is 1.81. The smallest absolute Gasteiger partial charge is 0.00331 e. The molecule has 14 heavy (non-hydrogen) atoms. The number of rotatable bonds is 3. The van der Waals surface area contributed by atoms with Crippen LogP contribution in [0.2, 0.25) is 0 Å². The van der Waals surface area contributed by atoms with E-state index in [-0.39, 0.29) is 0 Å². The van der Waals surface area contributed by atoms with Crippen LogP contribution >= 0.6 is 11.8 Å². The molecule has 0 spiro atoms. The maximum atomic E-state index is 3.00. The Kier molecular flexibility index (Phi) is 64.8. The highest BCUT2D eigenvalue weighted by molar-refractivity contribution is 7.98. The quantitative estimate of drug-likeness (QED) is 0.559. The second-order valence-corrected chi connectivity index (χ2v) is 2.86. The Morgan fingerprint density at radius 1 is 1.14 bits per heavy atom. The van der Waals surface area contributed by atoms with Crippen LogP contribution in [0.4, 0.5) is 0 Å². The predicted octanol–water partition coefficient (Wildman–Crippen LogP) is 5.56. The molecule has 0 aliphatic carbocycles. The van der Waals surface area contributed by atoms with Crippen LogP contribution in [0.5, 0.6) is 0 Å². The van der Waals surface area contributed by atoms with Gasteiger partial charge in [0, 0.05) is 0 Å². The van der Waals surface area contributed by atoms with Gasteiger partial charge in [-0.2, -0.15) is 11.8 Å². The van der Waals surface area contributed by atoms with E-state index in [0.29, 0.717) is 0 Å². The summed E-state index contributed by atoms with van der Waals surface area (Å²) in [6.07, 6.45) is 5.57. The van der Waals surface area contributed by atoms with E-state index in [1.54, 1.807) is 0 Å². The van der Waals surface area contributed by atoms with Crippen LogP contribution in [0.1, 0.15) is 48.0 Å². The summed E-state index contributed by atoms with van der Waals surface area (Å²) in [4.78, 5) is 0. The Labute approximate surface area is 96.9 Å². The molecule has 0 saturated carbocycles. The zero-order chi connectivity index (χ0) is 12.4. The average molecular weight is 218 g/mol. The normalized spacial score (nSPS) is 8.07. The summed E-state index contributed by atoms with van der Waals surface area (Å²) >= 11 is 1.90. The number of hydrogen-bond donors (Lipinski definition) is 0. The van der Waals surface area contributed by atoms with Crippen molar-refractivity contribution in [3.8, 4) is 0 Å². The van der Waals surface area contributed by atoms with E-state index in [4.69, 9.17) is 0 Å². The first-order valence-electron chi connectivity index (χ1n) is 5.42. The van der Waals surface area contributed by atoms with Crippen molar-refractivity contribution in [2.24, 2.45) is 0 Å². The molecular formula is C13H30S. The first-order valence-corrected chi connectivity index (χ1v) is 6.81. The fraction of sp³-hybridized carbons (Fsp3) is 0.692. The second-order valence-electron chi connectivity index (χ2n) is 1.88. The second kappa shape index (κ2) is 38.5. The van der Waals surface area contributed by atoms with Gasteiger partial charge in [0.15, 0.2) is 0 Å². The third kappa shape index (κ3) is 40.8. The topological polar surface area (TPSA) is 0 Å². The molecule has 0 saturated heterocycles. The van der Waals surface area contributed by atoms with Crippen LogP contribution in [0.15, 0.2) is 24.8 Å². The van der Waals surface area contributed by atoms with Gasteiger partial charge in [0.1, 0.15) is 0 Å². The minimum Gasteiger partial charge on any atom is -0.165 e. The molecule has 88 valence electrons. The van der Waals surface area contributed by atoms with Crippen molar-refractivity contribution < 1.29 is 0 Å². The van der Waals surface area contributed by atoms with Crippen molar-refractivity contribution in [3.63, 3.8) is 0 Å². The first kappa shape index (κ1) is 23.6. The van der Waals surface area contributed by atoms with Crippen LogP contribution in [0, 0.1) is 0 Å². The summed E-state index contributed by atoms with van der Waals surface area (Å²) < 4.78 is 0.